The van der Waals surface area contributed by atoms with Crippen molar-refractivity contribution < 1.29 is 4.79 Å². The highest BCUT2D eigenvalue weighted by Gasteiger charge is 2.21. The number of hydrogen-bond acceptors (Lipinski definition) is 3. The molecule has 0 saturated carbocycles. The van der Waals surface area contributed by atoms with Crippen molar-refractivity contribution in [3.8, 4) is 0 Å². The summed E-state index contributed by atoms with van der Waals surface area (Å²) in [5, 5.41) is 0. The van der Waals surface area contributed by atoms with Gasteiger partial charge in [0.05, 0.1) is 0 Å². The molecule has 2 aromatic rings. The summed E-state index contributed by atoms with van der Waals surface area (Å²) in [6.07, 6.45) is 2.42. The van der Waals surface area contributed by atoms with Gasteiger partial charge in [0.2, 0.25) is 5.91 Å². The second-order valence-electron chi connectivity index (χ2n) is 5.73. The molecule has 114 valence electrons. The first-order valence-corrected chi connectivity index (χ1v) is 7.72. The molecule has 1 aromatic carbocycles. The minimum Gasteiger partial charge on any atom is -0.354 e. The van der Waals surface area contributed by atoms with E-state index in [-0.39, 0.29) is 5.91 Å². The van der Waals surface area contributed by atoms with E-state index in [0.717, 1.165) is 31.0 Å². The molecule has 0 unspecified atom stereocenters. The van der Waals surface area contributed by atoms with Crippen LogP contribution in [0, 0.1) is 6.92 Å². The number of amides is 1. The van der Waals surface area contributed by atoms with Crippen LogP contribution in [0.25, 0.3) is 0 Å². The standard InChI is InChI=1S/C18H21N3O/c1-15-7-8-17(19-13-15)20-10-9-18(22)21(12-11-20)14-16-5-3-2-4-6-16/h2-8,13H,9-12,14H2,1H3. The minimum atomic E-state index is 0.221. The van der Waals surface area contributed by atoms with Crippen LogP contribution in [0.15, 0.2) is 48.7 Å². The SMILES string of the molecule is Cc1ccc(N2CCC(=O)N(Cc3ccccc3)CC2)nc1. The van der Waals surface area contributed by atoms with E-state index in [1.165, 1.54) is 5.56 Å². The van der Waals surface area contributed by atoms with Gasteiger partial charge in [-0.3, -0.25) is 4.79 Å². The molecule has 22 heavy (non-hydrogen) atoms. The molecule has 0 atom stereocenters. The van der Waals surface area contributed by atoms with E-state index in [1.807, 2.05) is 42.3 Å². The van der Waals surface area contributed by atoms with Gasteiger partial charge in [0.15, 0.2) is 0 Å². The highest BCUT2D eigenvalue weighted by Crippen LogP contribution is 2.16. The average molecular weight is 295 g/mol. The van der Waals surface area contributed by atoms with E-state index < -0.39 is 0 Å². The monoisotopic (exact) mass is 295 g/mol. The molecule has 1 aliphatic heterocycles. The topological polar surface area (TPSA) is 36.4 Å². The van der Waals surface area contributed by atoms with Crippen LogP contribution in [0.1, 0.15) is 17.5 Å². The molecule has 1 aromatic heterocycles. The van der Waals surface area contributed by atoms with Crippen molar-refractivity contribution in [1.82, 2.24) is 9.88 Å². The summed E-state index contributed by atoms with van der Waals surface area (Å²) < 4.78 is 0. The van der Waals surface area contributed by atoms with Crippen LogP contribution >= 0.6 is 0 Å². The van der Waals surface area contributed by atoms with E-state index >= 15 is 0 Å². The number of benzene rings is 1. The van der Waals surface area contributed by atoms with Gasteiger partial charge < -0.3 is 9.80 Å². The molecular weight excluding hydrogens is 274 g/mol. The minimum absolute atomic E-state index is 0.221. The predicted octanol–water partition coefficient (Wildman–Crippen LogP) is 2.63. The molecule has 0 bridgehead atoms. The Labute approximate surface area is 131 Å². The Morgan fingerprint density at radius 2 is 1.86 bits per heavy atom. The lowest BCUT2D eigenvalue weighted by atomic mass is 10.2. The van der Waals surface area contributed by atoms with Crippen LogP contribution in [0.5, 0.6) is 0 Å². The molecule has 4 heteroatoms. The van der Waals surface area contributed by atoms with E-state index in [2.05, 4.69) is 28.1 Å². The number of pyridine rings is 1. The lowest BCUT2D eigenvalue weighted by molar-refractivity contribution is -0.130. The molecule has 0 spiro atoms. The second-order valence-corrected chi connectivity index (χ2v) is 5.73. The van der Waals surface area contributed by atoms with Gasteiger partial charge in [-0.25, -0.2) is 4.98 Å². The van der Waals surface area contributed by atoms with E-state index in [1.54, 1.807) is 0 Å². The number of rotatable bonds is 3. The molecule has 2 heterocycles. The maximum Gasteiger partial charge on any atom is 0.224 e. The second kappa shape index (κ2) is 6.60. The molecule has 1 saturated heterocycles. The van der Waals surface area contributed by atoms with Crippen LogP contribution in [-0.4, -0.2) is 35.4 Å². The third kappa shape index (κ3) is 3.45. The Morgan fingerprint density at radius 3 is 2.59 bits per heavy atom. The van der Waals surface area contributed by atoms with Gasteiger partial charge in [-0.2, -0.15) is 0 Å². The van der Waals surface area contributed by atoms with Crippen molar-refractivity contribution in [2.24, 2.45) is 0 Å². The maximum atomic E-state index is 12.3. The molecule has 1 aliphatic rings. The first kappa shape index (κ1) is 14.6. The molecule has 0 aliphatic carbocycles. The number of nitrogens with zero attached hydrogens (tertiary/aromatic N) is 3. The number of carbonyl (C=O) groups is 1. The summed E-state index contributed by atoms with van der Waals surface area (Å²) in [5.41, 5.74) is 2.33. The number of aromatic nitrogens is 1. The molecule has 1 fully saturated rings. The van der Waals surface area contributed by atoms with Crippen LogP contribution in [0.3, 0.4) is 0 Å². The molecule has 0 N–H and O–H groups in total. The summed E-state index contributed by atoms with van der Waals surface area (Å²) in [7, 11) is 0. The normalized spacial score (nSPS) is 15.8. The molecule has 0 radical (unpaired) electrons. The Hall–Kier alpha value is -2.36. The molecule has 4 nitrogen and oxygen atoms in total. The molecule has 3 rings (SSSR count). The zero-order chi connectivity index (χ0) is 15.4. The Kier molecular flexibility index (Phi) is 4.37. The van der Waals surface area contributed by atoms with Crippen molar-refractivity contribution in [3.05, 3.63) is 59.8 Å². The number of anilines is 1. The quantitative estimate of drug-likeness (QED) is 0.873. The third-order valence-corrected chi connectivity index (χ3v) is 4.02. The number of carbonyl (C=O) groups excluding carboxylic acids is 1. The van der Waals surface area contributed by atoms with Crippen molar-refractivity contribution in [2.75, 3.05) is 24.5 Å². The third-order valence-electron chi connectivity index (χ3n) is 4.02. The van der Waals surface area contributed by atoms with Gasteiger partial charge in [0.25, 0.3) is 0 Å². The smallest absolute Gasteiger partial charge is 0.224 e. The van der Waals surface area contributed by atoms with Crippen LogP contribution < -0.4 is 4.90 Å². The van der Waals surface area contributed by atoms with Gasteiger partial charge in [-0.15, -0.1) is 0 Å². The summed E-state index contributed by atoms with van der Waals surface area (Å²) >= 11 is 0. The van der Waals surface area contributed by atoms with Gasteiger partial charge >= 0.3 is 0 Å². The van der Waals surface area contributed by atoms with E-state index in [9.17, 15) is 4.79 Å². The summed E-state index contributed by atoms with van der Waals surface area (Å²) in [5.74, 6) is 1.18. The van der Waals surface area contributed by atoms with Crippen molar-refractivity contribution in [3.63, 3.8) is 0 Å². The fourth-order valence-electron chi connectivity index (χ4n) is 2.71. The molecule has 1 amide bonds. The Bertz CT molecular complexity index is 625. The largest absolute Gasteiger partial charge is 0.354 e. The van der Waals surface area contributed by atoms with Crippen molar-refractivity contribution in [2.45, 2.75) is 19.9 Å². The van der Waals surface area contributed by atoms with Gasteiger partial charge in [-0.05, 0) is 24.1 Å². The lowest BCUT2D eigenvalue weighted by Gasteiger charge is -2.23. The fraction of sp³-hybridized carbons (Fsp3) is 0.333. The van der Waals surface area contributed by atoms with Crippen molar-refractivity contribution >= 4 is 11.7 Å². The summed E-state index contributed by atoms with van der Waals surface area (Å²) in [6.45, 7) is 5.03. The first-order valence-electron chi connectivity index (χ1n) is 7.72. The Balaban J connectivity index is 1.67. The van der Waals surface area contributed by atoms with E-state index in [0.29, 0.717) is 13.0 Å². The van der Waals surface area contributed by atoms with Crippen molar-refractivity contribution in [1.29, 1.82) is 0 Å². The summed E-state index contributed by atoms with van der Waals surface area (Å²) in [6, 6.07) is 14.3. The molecular formula is C18H21N3O. The maximum absolute atomic E-state index is 12.3. The summed E-state index contributed by atoms with van der Waals surface area (Å²) in [4.78, 5) is 20.9. The Morgan fingerprint density at radius 1 is 1.05 bits per heavy atom. The lowest BCUT2D eigenvalue weighted by Crippen LogP contribution is -2.33. The van der Waals surface area contributed by atoms with Crippen LogP contribution in [0.2, 0.25) is 0 Å². The van der Waals surface area contributed by atoms with Crippen LogP contribution in [0.4, 0.5) is 5.82 Å². The first-order chi connectivity index (χ1) is 10.7. The van der Waals surface area contributed by atoms with Gasteiger partial charge in [0, 0.05) is 38.8 Å². The van der Waals surface area contributed by atoms with Gasteiger partial charge in [-0.1, -0.05) is 36.4 Å². The average Bonchev–Trinajstić information content (AvgIpc) is 2.72. The number of hydrogen-bond donors (Lipinski definition) is 0. The predicted molar refractivity (Wildman–Crippen MR) is 87.7 cm³/mol. The highest BCUT2D eigenvalue weighted by atomic mass is 16.2. The zero-order valence-corrected chi connectivity index (χ0v) is 12.9. The zero-order valence-electron chi connectivity index (χ0n) is 12.9. The highest BCUT2D eigenvalue weighted by molar-refractivity contribution is 5.77. The fourth-order valence-corrected chi connectivity index (χ4v) is 2.71. The van der Waals surface area contributed by atoms with Crippen LogP contribution in [-0.2, 0) is 11.3 Å². The van der Waals surface area contributed by atoms with Gasteiger partial charge in [0.1, 0.15) is 5.82 Å². The van der Waals surface area contributed by atoms with E-state index in [4.69, 9.17) is 0 Å². The number of aryl methyl sites for hydroxylation is 1.